The Kier molecular flexibility index (Phi) is 9.28. The summed E-state index contributed by atoms with van der Waals surface area (Å²) in [7, 11) is 0. The summed E-state index contributed by atoms with van der Waals surface area (Å²) in [6, 6.07) is 79.8. The van der Waals surface area contributed by atoms with E-state index in [1.807, 2.05) is 0 Å². The van der Waals surface area contributed by atoms with Crippen LogP contribution in [0.1, 0.15) is 25.3 Å². The number of hydrogen-bond acceptors (Lipinski definition) is 1. The van der Waals surface area contributed by atoms with Crippen molar-refractivity contribution in [3.8, 4) is 33.6 Å². The maximum atomic E-state index is 2.42. The highest BCUT2D eigenvalue weighted by atomic mass is 15.1. The molecule has 0 atom stereocenters. The second kappa shape index (κ2) is 15.5. The van der Waals surface area contributed by atoms with Gasteiger partial charge in [0.15, 0.2) is 0 Å². The topological polar surface area (TPSA) is 13.1 Å². The van der Waals surface area contributed by atoms with E-state index in [0.29, 0.717) is 0 Å². The Bertz CT molecular complexity index is 3260. The fourth-order valence-corrected chi connectivity index (χ4v) is 9.26. The maximum absolute atomic E-state index is 2.42. The summed E-state index contributed by atoms with van der Waals surface area (Å²) in [4.78, 5) is 2.30. The highest BCUT2D eigenvalue weighted by molar-refractivity contribution is 6.12. The molecule has 11 rings (SSSR count). The zero-order valence-electron chi connectivity index (χ0n) is 34.2. The Labute approximate surface area is 357 Å². The average molecular weight is 784 g/mol. The number of rotatable bonds is 10. The van der Waals surface area contributed by atoms with E-state index in [0.717, 1.165) is 29.2 Å². The standard InChI is InChI=1S/C58H45N3/c1-2-3-14-41-23-31-49(32-24-41)60-56-22-13-11-20-52(56)54-39-44(30-38-57(54)60)45-29-37-53-51-19-10-12-21-55(51)61(58(53)40-45)50-35-27-43(28-36-50)42-25-33-48(34-26-42)59(46-15-6-4-7-16-46)47-17-8-5-9-18-47/h4-13,15-40H,2-3,14H2,1H3. The van der Waals surface area contributed by atoms with Crippen molar-refractivity contribution in [1.82, 2.24) is 9.13 Å². The highest BCUT2D eigenvalue weighted by Gasteiger charge is 2.17. The van der Waals surface area contributed by atoms with Gasteiger partial charge in [0.2, 0.25) is 0 Å². The fraction of sp³-hybridized carbons (Fsp3) is 0.0690. The van der Waals surface area contributed by atoms with Gasteiger partial charge in [0.05, 0.1) is 22.1 Å². The van der Waals surface area contributed by atoms with Crippen LogP contribution in [-0.2, 0) is 6.42 Å². The number of fused-ring (bicyclic) bond motifs is 6. The van der Waals surface area contributed by atoms with E-state index >= 15 is 0 Å². The minimum atomic E-state index is 1.12. The van der Waals surface area contributed by atoms with Gasteiger partial charge in [-0.05, 0) is 132 Å². The van der Waals surface area contributed by atoms with Gasteiger partial charge in [-0.25, -0.2) is 0 Å². The Morgan fingerprint density at radius 1 is 0.344 bits per heavy atom. The molecule has 0 saturated heterocycles. The number of nitrogens with zero attached hydrogens (tertiary/aromatic N) is 3. The van der Waals surface area contributed by atoms with Crippen molar-refractivity contribution in [3.63, 3.8) is 0 Å². The third kappa shape index (κ3) is 6.56. The molecule has 0 saturated carbocycles. The lowest BCUT2D eigenvalue weighted by atomic mass is 10.0. The van der Waals surface area contributed by atoms with Crippen LogP contribution in [0.3, 0.4) is 0 Å². The molecular formula is C58H45N3. The van der Waals surface area contributed by atoms with Crippen LogP contribution >= 0.6 is 0 Å². The third-order valence-corrected chi connectivity index (χ3v) is 12.3. The van der Waals surface area contributed by atoms with Crippen LogP contribution in [0.15, 0.2) is 218 Å². The molecule has 0 amide bonds. The quantitative estimate of drug-likeness (QED) is 0.135. The lowest BCUT2D eigenvalue weighted by Crippen LogP contribution is -2.09. The van der Waals surface area contributed by atoms with Crippen LogP contribution in [0.5, 0.6) is 0 Å². The van der Waals surface area contributed by atoms with Crippen molar-refractivity contribution < 1.29 is 0 Å². The third-order valence-electron chi connectivity index (χ3n) is 12.3. The molecule has 0 spiro atoms. The largest absolute Gasteiger partial charge is 0.311 e. The molecule has 61 heavy (non-hydrogen) atoms. The van der Waals surface area contributed by atoms with Crippen molar-refractivity contribution >= 4 is 60.7 Å². The van der Waals surface area contributed by atoms with Crippen LogP contribution in [0, 0.1) is 0 Å². The summed E-state index contributed by atoms with van der Waals surface area (Å²) in [5.74, 6) is 0. The first kappa shape index (κ1) is 36.5. The van der Waals surface area contributed by atoms with Gasteiger partial charge in [-0.15, -0.1) is 0 Å². The maximum Gasteiger partial charge on any atom is 0.0547 e. The van der Waals surface area contributed by atoms with Gasteiger partial charge >= 0.3 is 0 Å². The molecule has 0 bridgehead atoms. The monoisotopic (exact) mass is 783 g/mol. The molecule has 0 fully saturated rings. The molecule has 2 aromatic heterocycles. The Balaban J connectivity index is 0.953. The molecule has 0 radical (unpaired) electrons. The van der Waals surface area contributed by atoms with E-state index in [1.54, 1.807) is 0 Å². The van der Waals surface area contributed by atoms with E-state index in [1.165, 1.54) is 90.0 Å². The minimum Gasteiger partial charge on any atom is -0.311 e. The molecule has 0 unspecified atom stereocenters. The Hall–Kier alpha value is -7.62. The number of anilines is 3. The van der Waals surface area contributed by atoms with E-state index in [4.69, 9.17) is 0 Å². The number of aromatic nitrogens is 2. The first-order valence-electron chi connectivity index (χ1n) is 21.5. The molecule has 11 aromatic rings. The van der Waals surface area contributed by atoms with Crippen molar-refractivity contribution in [3.05, 3.63) is 224 Å². The lowest BCUT2D eigenvalue weighted by molar-refractivity contribution is 0.795. The molecule has 2 heterocycles. The zero-order valence-corrected chi connectivity index (χ0v) is 34.2. The first-order chi connectivity index (χ1) is 30.2. The molecular weight excluding hydrogens is 739 g/mol. The van der Waals surface area contributed by atoms with Crippen molar-refractivity contribution in [1.29, 1.82) is 0 Å². The Morgan fingerprint density at radius 2 is 0.787 bits per heavy atom. The number of unbranched alkanes of at least 4 members (excludes halogenated alkanes) is 1. The highest BCUT2D eigenvalue weighted by Crippen LogP contribution is 2.39. The van der Waals surface area contributed by atoms with Crippen molar-refractivity contribution in [2.24, 2.45) is 0 Å². The second-order valence-corrected chi connectivity index (χ2v) is 16.0. The van der Waals surface area contributed by atoms with Gasteiger partial charge in [-0.1, -0.05) is 141 Å². The average Bonchev–Trinajstić information content (AvgIpc) is 3.84. The molecule has 292 valence electrons. The molecule has 0 aliphatic carbocycles. The SMILES string of the molecule is CCCCc1ccc(-n2c3ccccc3c3cc(-c4ccc5c6ccccc6n(-c6ccc(-c7ccc(N(c8ccccc8)c8ccccc8)cc7)cc6)c5c4)ccc32)cc1. The molecule has 3 heteroatoms. The van der Waals surface area contributed by atoms with Crippen LogP contribution in [0.4, 0.5) is 17.1 Å². The summed E-state index contributed by atoms with van der Waals surface area (Å²) in [5, 5.41) is 5.04. The van der Waals surface area contributed by atoms with Crippen molar-refractivity contribution in [2.45, 2.75) is 26.2 Å². The second-order valence-electron chi connectivity index (χ2n) is 16.0. The minimum absolute atomic E-state index is 1.12. The molecule has 0 aliphatic rings. The number of aryl methyl sites for hydroxylation is 1. The molecule has 0 N–H and O–H groups in total. The van der Waals surface area contributed by atoms with Crippen LogP contribution in [0.25, 0.3) is 77.2 Å². The fourth-order valence-electron chi connectivity index (χ4n) is 9.26. The first-order valence-corrected chi connectivity index (χ1v) is 21.5. The van der Waals surface area contributed by atoms with Crippen molar-refractivity contribution in [2.75, 3.05) is 4.90 Å². The number of para-hydroxylation sites is 4. The van der Waals surface area contributed by atoms with E-state index < -0.39 is 0 Å². The van der Waals surface area contributed by atoms with Gasteiger partial charge < -0.3 is 14.0 Å². The number of benzene rings is 9. The van der Waals surface area contributed by atoms with Crippen LogP contribution in [-0.4, -0.2) is 9.13 Å². The van der Waals surface area contributed by atoms with Gasteiger partial charge in [-0.3, -0.25) is 0 Å². The molecule has 3 nitrogen and oxygen atoms in total. The predicted molar refractivity (Wildman–Crippen MR) is 259 cm³/mol. The summed E-state index contributed by atoms with van der Waals surface area (Å²) >= 11 is 0. The predicted octanol–water partition coefficient (Wildman–Crippen LogP) is 16.0. The van der Waals surface area contributed by atoms with Gasteiger partial charge in [0.25, 0.3) is 0 Å². The van der Waals surface area contributed by atoms with Gasteiger partial charge in [0.1, 0.15) is 0 Å². The lowest BCUT2D eigenvalue weighted by Gasteiger charge is -2.25. The molecule has 0 aliphatic heterocycles. The summed E-state index contributed by atoms with van der Waals surface area (Å²) < 4.78 is 4.84. The normalized spacial score (nSPS) is 11.6. The Morgan fingerprint density at radius 3 is 1.41 bits per heavy atom. The van der Waals surface area contributed by atoms with Gasteiger partial charge in [-0.2, -0.15) is 0 Å². The van der Waals surface area contributed by atoms with E-state index in [2.05, 4.69) is 239 Å². The molecule has 9 aromatic carbocycles. The summed E-state index contributed by atoms with van der Waals surface area (Å²) in [6.45, 7) is 2.25. The summed E-state index contributed by atoms with van der Waals surface area (Å²) in [6.07, 6.45) is 3.55. The smallest absolute Gasteiger partial charge is 0.0547 e. The summed E-state index contributed by atoms with van der Waals surface area (Å²) in [5.41, 5.74) is 16.8. The van der Waals surface area contributed by atoms with E-state index in [-0.39, 0.29) is 0 Å². The van der Waals surface area contributed by atoms with E-state index in [9.17, 15) is 0 Å². The van der Waals surface area contributed by atoms with Crippen LogP contribution < -0.4 is 4.90 Å². The zero-order chi connectivity index (χ0) is 40.7. The van der Waals surface area contributed by atoms with Crippen LogP contribution in [0.2, 0.25) is 0 Å². The van der Waals surface area contributed by atoms with Gasteiger partial charge in [0, 0.05) is 50.0 Å². The number of hydrogen-bond donors (Lipinski definition) is 0.